The number of alkyl halides is 6. The summed E-state index contributed by atoms with van der Waals surface area (Å²) in [7, 11) is 0. The first kappa shape index (κ1) is 12.4. The standard InChI is InChI=1S/C3F6O.O2S/c4-1(2(5,6)7)3(8,9)10-1;1-3-2. The lowest BCUT2D eigenvalue weighted by Crippen LogP contribution is -2.32. The molecule has 0 N–H and O–H groups in total. The van der Waals surface area contributed by atoms with Crippen LogP contribution in [0.15, 0.2) is 0 Å². The van der Waals surface area contributed by atoms with Gasteiger partial charge in [0.05, 0.1) is 0 Å². The predicted octanol–water partition coefficient (Wildman–Crippen LogP) is 1.17. The van der Waals surface area contributed by atoms with Crippen molar-refractivity contribution in [1.82, 2.24) is 0 Å². The zero-order valence-electron chi connectivity index (χ0n) is 5.40. The number of hydrogen-bond acceptors (Lipinski definition) is 3. The summed E-state index contributed by atoms with van der Waals surface area (Å²) in [5.74, 6) is -4.75. The topological polar surface area (TPSA) is 46.7 Å². The van der Waals surface area contributed by atoms with Gasteiger partial charge in [-0.25, -0.2) is 0 Å². The van der Waals surface area contributed by atoms with Gasteiger partial charge in [-0.05, 0) is 0 Å². The van der Waals surface area contributed by atoms with Crippen molar-refractivity contribution in [3.63, 3.8) is 0 Å². The van der Waals surface area contributed by atoms with Gasteiger partial charge < -0.3 is 0 Å². The Morgan fingerprint density at radius 3 is 1.31 bits per heavy atom. The molecule has 0 aromatic carbocycles. The van der Waals surface area contributed by atoms with Crippen molar-refractivity contribution >= 4 is 11.6 Å². The average Bonchev–Trinajstić information content (AvgIpc) is 2.33. The predicted molar refractivity (Wildman–Crippen MR) is 24.8 cm³/mol. The van der Waals surface area contributed by atoms with E-state index in [1.165, 1.54) is 0 Å². The van der Waals surface area contributed by atoms with Crippen LogP contribution < -0.4 is 0 Å². The largest absolute Gasteiger partial charge is 0.458 e. The Kier molecular flexibility index (Phi) is 3.09. The van der Waals surface area contributed by atoms with E-state index < -0.39 is 29.7 Å². The van der Waals surface area contributed by atoms with E-state index in [9.17, 15) is 26.3 Å². The van der Waals surface area contributed by atoms with Crippen molar-refractivity contribution in [3.05, 3.63) is 0 Å². The summed E-state index contributed by atoms with van der Waals surface area (Å²) in [6, 6.07) is 0. The van der Waals surface area contributed by atoms with Gasteiger partial charge in [0, 0.05) is 0 Å². The Hall–Kier alpha value is -0.640. The second-order valence-electron chi connectivity index (χ2n) is 1.78. The number of hydrogen-bond donors (Lipinski definition) is 0. The molecule has 13 heavy (non-hydrogen) atoms. The van der Waals surface area contributed by atoms with Crippen LogP contribution in [0, 0.1) is 0 Å². The SMILES string of the molecule is FC(F)(F)C1(F)OC1(F)F.O=S=O. The van der Waals surface area contributed by atoms with Gasteiger partial charge in [-0.2, -0.15) is 34.8 Å². The molecule has 3 nitrogen and oxygen atoms in total. The third-order valence-electron chi connectivity index (χ3n) is 0.966. The lowest BCUT2D eigenvalue weighted by molar-refractivity contribution is -0.231. The molecule has 0 radical (unpaired) electrons. The normalized spacial score (nSPS) is 30.0. The molecule has 1 rings (SSSR count). The van der Waals surface area contributed by atoms with Gasteiger partial charge in [0.2, 0.25) is 0 Å². The summed E-state index contributed by atoms with van der Waals surface area (Å²) in [4.78, 5) is 0. The first-order valence-corrected chi connectivity index (χ1v) is 3.04. The molecule has 1 unspecified atom stereocenters. The summed E-state index contributed by atoms with van der Waals surface area (Å²) >= 11 is -0.750. The Morgan fingerprint density at radius 1 is 1.08 bits per heavy atom. The van der Waals surface area contributed by atoms with Crippen LogP contribution in [-0.4, -0.2) is 26.6 Å². The molecule has 10 heteroatoms. The molecule has 0 saturated carbocycles. The fraction of sp³-hybridized carbons (Fsp3) is 1.00. The van der Waals surface area contributed by atoms with Crippen LogP contribution in [0.4, 0.5) is 26.3 Å². The van der Waals surface area contributed by atoms with Crippen molar-refractivity contribution in [2.75, 3.05) is 0 Å². The average molecular weight is 230 g/mol. The van der Waals surface area contributed by atoms with E-state index in [0.29, 0.717) is 0 Å². The van der Waals surface area contributed by atoms with Gasteiger partial charge in [-0.3, -0.25) is 4.74 Å². The highest BCUT2D eigenvalue weighted by atomic mass is 32.1. The first-order chi connectivity index (χ1) is 5.62. The van der Waals surface area contributed by atoms with Crippen LogP contribution in [0.1, 0.15) is 0 Å². The van der Waals surface area contributed by atoms with Crippen molar-refractivity contribution in [2.24, 2.45) is 0 Å². The van der Waals surface area contributed by atoms with Gasteiger partial charge >= 0.3 is 29.7 Å². The monoisotopic (exact) mass is 230 g/mol. The van der Waals surface area contributed by atoms with Crippen molar-refractivity contribution in [1.29, 1.82) is 0 Å². The van der Waals surface area contributed by atoms with Crippen LogP contribution in [0.5, 0.6) is 0 Å². The van der Waals surface area contributed by atoms with Gasteiger partial charge in [-0.1, -0.05) is 0 Å². The molecular formula is C3F6O3S. The van der Waals surface area contributed by atoms with Gasteiger partial charge in [-0.15, -0.1) is 0 Å². The number of rotatable bonds is 0. The Labute approximate surface area is 70.3 Å². The number of ether oxygens (including phenoxy) is 1. The maximum Gasteiger partial charge on any atom is 0.458 e. The Balaban J connectivity index is 0.000000424. The molecule has 0 amide bonds. The Bertz CT molecular complexity index is 232. The second-order valence-corrected chi connectivity index (χ2v) is 1.92. The Morgan fingerprint density at radius 2 is 1.31 bits per heavy atom. The zero-order chi connectivity index (χ0) is 10.9. The lowest BCUT2D eigenvalue weighted by Gasteiger charge is -2.04. The molecule has 0 aliphatic carbocycles. The van der Waals surface area contributed by atoms with Crippen molar-refractivity contribution in [3.8, 4) is 0 Å². The fourth-order valence-corrected chi connectivity index (χ4v) is 0.374. The number of halogens is 6. The van der Waals surface area contributed by atoms with E-state index in [-0.39, 0.29) is 0 Å². The summed E-state index contributed by atoms with van der Waals surface area (Å²) < 4.78 is 86.9. The highest BCUT2D eigenvalue weighted by molar-refractivity contribution is 7.51. The van der Waals surface area contributed by atoms with Crippen LogP contribution in [0.25, 0.3) is 0 Å². The van der Waals surface area contributed by atoms with Crippen LogP contribution in [0.2, 0.25) is 0 Å². The summed E-state index contributed by atoms with van der Waals surface area (Å²) in [5.41, 5.74) is 0. The third-order valence-corrected chi connectivity index (χ3v) is 0.966. The van der Waals surface area contributed by atoms with Crippen molar-refractivity contribution in [2.45, 2.75) is 18.1 Å². The zero-order valence-corrected chi connectivity index (χ0v) is 6.22. The molecule has 1 saturated heterocycles. The van der Waals surface area contributed by atoms with E-state index in [0.717, 1.165) is 0 Å². The summed E-state index contributed by atoms with van der Waals surface area (Å²) in [6.45, 7) is 0. The van der Waals surface area contributed by atoms with E-state index in [4.69, 9.17) is 8.42 Å². The number of epoxide rings is 1. The minimum Gasteiger partial charge on any atom is -0.263 e. The quantitative estimate of drug-likeness (QED) is 0.463. The molecule has 78 valence electrons. The molecule has 1 aliphatic heterocycles. The van der Waals surface area contributed by atoms with Crippen LogP contribution in [0.3, 0.4) is 0 Å². The molecular weight excluding hydrogens is 230 g/mol. The van der Waals surface area contributed by atoms with Crippen LogP contribution >= 0.6 is 0 Å². The third kappa shape index (κ3) is 2.18. The minimum atomic E-state index is -5.66. The van der Waals surface area contributed by atoms with E-state index in [2.05, 4.69) is 4.74 Å². The van der Waals surface area contributed by atoms with E-state index in [1.54, 1.807) is 0 Å². The van der Waals surface area contributed by atoms with Gasteiger partial charge in [0.15, 0.2) is 0 Å². The summed E-state index contributed by atoms with van der Waals surface area (Å²) in [5, 5.41) is 0. The summed E-state index contributed by atoms with van der Waals surface area (Å²) in [6.07, 6.45) is -10.4. The highest BCUT2D eigenvalue weighted by Gasteiger charge is 2.90. The second kappa shape index (κ2) is 3.25. The van der Waals surface area contributed by atoms with Crippen molar-refractivity contribution < 1.29 is 39.5 Å². The molecule has 1 fully saturated rings. The van der Waals surface area contributed by atoms with Gasteiger partial charge in [0.1, 0.15) is 0 Å². The molecule has 1 heterocycles. The fourth-order valence-electron chi connectivity index (χ4n) is 0.374. The smallest absolute Gasteiger partial charge is 0.263 e. The highest BCUT2D eigenvalue weighted by Crippen LogP contribution is 2.60. The van der Waals surface area contributed by atoms with E-state index in [1.807, 2.05) is 0 Å². The molecule has 0 spiro atoms. The first-order valence-electron chi connectivity index (χ1n) is 2.38. The maximum absolute atomic E-state index is 11.7. The minimum absolute atomic E-state index is 0.750. The molecule has 0 bridgehead atoms. The molecule has 1 aliphatic rings. The van der Waals surface area contributed by atoms with Gasteiger partial charge in [0.25, 0.3) is 0 Å². The maximum atomic E-state index is 11.7. The lowest BCUT2D eigenvalue weighted by atomic mass is 10.4. The molecule has 0 aromatic rings. The molecule has 0 aromatic heterocycles. The van der Waals surface area contributed by atoms with E-state index >= 15 is 0 Å². The van der Waals surface area contributed by atoms with Crippen LogP contribution in [-0.2, 0) is 16.3 Å². The molecule has 1 atom stereocenters.